The summed E-state index contributed by atoms with van der Waals surface area (Å²) < 4.78 is 5.05. The number of fused-ring (bicyclic) bond motifs is 1. The number of nitrogens with zero attached hydrogens (tertiary/aromatic N) is 2. The summed E-state index contributed by atoms with van der Waals surface area (Å²) in [5.41, 5.74) is 5.39. The highest BCUT2D eigenvalue weighted by atomic mass is 16.5. The van der Waals surface area contributed by atoms with Gasteiger partial charge in [0, 0.05) is 29.8 Å². The molecule has 4 aromatic carbocycles. The van der Waals surface area contributed by atoms with Crippen LogP contribution in [0.1, 0.15) is 39.6 Å². The topological polar surface area (TPSA) is 96.0 Å². The van der Waals surface area contributed by atoms with Crippen molar-refractivity contribution in [1.29, 1.82) is 0 Å². The highest BCUT2D eigenvalue weighted by molar-refractivity contribution is 6.12. The molecule has 0 bridgehead atoms. The standard InChI is InChI=1S/C34H31N3O5/c1-3-42-32(39)22-37-30-15-9-8-14-29(30)36(21-20-31(37)38)34(41)24-16-18-25(19-17-24)35-33(40)28-13-7-6-12-27(28)26-11-5-4-10-23(26)2/h4-19H,3,20-22H2,1-2H3,(H,35,40). The Labute approximate surface area is 244 Å². The maximum atomic E-state index is 13.7. The minimum Gasteiger partial charge on any atom is -0.465 e. The summed E-state index contributed by atoms with van der Waals surface area (Å²) in [6.45, 7) is 3.85. The number of amides is 3. The Kier molecular flexibility index (Phi) is 8.43. The van der Waals surface area contributed by atoms with Crippen LogP contribution in [0.15, 0.2) is 97.1 Å². The lowest BCUT2D eigenvalue weighted by atomic mass is 9.95. The van der Waals surface area contributed by atoms with Crippen LogP contribution in [0, 0.1) is 6.92 Å². The van der Waals surface area contributed by atoms with E-state index >= 15 is 0 Å². The number of carbonyl (C=O) groups is 4. The van der Waals surface area contributed by atoms with Gasteiger partial charge in [-0.2, -0.15) is 0 Å². The van der Waals surface area contributed by atoms with Gasteiger partial charge < -0.3 is 15.0 Å². The first-order valence-corrected chi connectivity index (χ1v) is 13.8. The third-order valence-electron chi connectivity index (χ3n) is 7.15. The molecule has 1 N–H and O–H groups in total. The summed E-state index contributed by atoms with van der Waals surface area (Å²) >= 11 is 0. The third-order valence-corrected chi connectivity index (χ3v) is 7.15. The zero-order chi connectivity index (χ0) is 29.6. The summed E-state index contributed by atoms with van der Waals surface area (Å²) in [4.78, 5) is 55.0. The molecule has 1 heterocycles. The molecular weight excluding hydrogens is 530 g/mol. The molecule has 0 unspecified atom stereocenters. The molecule has 42 heavy (non-hydrogen) atoms. The van der Waals surface area contributed by atoms with Crippen LogP contribution in [0.4, 0.5) is 17.1 Å². The van der Waals surface area contributed by atoms with Crippen molar-refractivity contribution in [2.24, 2.45) is 0 Å². The molecule has 0 aliphatic carbocycles. The van der Waals surface area contributed by atoms with E-state index in [9.17, 15) is 19.2 Å². The Morgan fingerprint density at radius 2 is 1.45 bits per heavy atom. The number of esters is 1. The van der Waals surface area contributed by atoms with Gasteiger partial charge in [0.25, 0.3) is 11.8 Å². The molecule has 8 heteroatoms. The van der Waals surface area contributed by atoms with Crippen LogP contribution in [-0.4, -0.2) is 43.4 Å². The summed E-state index contributed by atoms with van der Waals surface area (Å²) in [5.74, 6) is -1.33. The van der Waals surface area contributed by atoms with Crippen LogP contribution in [-0.2, 0) is 14.3 Å². The van der Waals surface area contributed by atoms with Gasteiger partial charge >= 0.3 is 5.97 Å². The molecule has 212 valence electrons. The van der Waals surface area contributed by atoms with E-state index in [-0.39, 0.29) is 43.8 Å². The highest BCUT2D eigenvalue weighted by Gasteiger charge is 2.31. The molecule has 0 radical (unpaired) electrons. The van der Waals surface area contributed by atoms with Crippen LogP contribution < -0.4 is 15.1 Å². The maximum absolute atomic E-state index is 13.7. The minimum absolute atomic E-state index is 0.0499. The Morgan fingerprint density at radius 3 is 2.17 bits per heavy atom. The molecule has 5 rings (SSSR count). The Bertz CT molecular complexity index is 1650. The van der Waals surface area contributed by atoms with E-state index in [0.29, 0.717) is 28.2 Å². The van der Waals surface area contributed by atoms with Crippen molar-refractivity contribution < 1.29 is 23.9 Å². The number of hydrogen-bond acceptors (Lipinski definition) is 5. The molecule has 0 fully saturated rings. The van der Waals surface area contributed by atoms with Crippen LogP contribution in [0.25, 0.3) is 11.1 Å². The number of hydrogen-bond donors (Lipinski definition) is 1. The zero-order valence-corrected chi connectivity index (χ0v) is 23.5. The second-order valence-electron chi connectivity index (χ2n) is 9.87. The van der Waals surface area contributed by atoms with Crippen molar-refractivity contribution >= 4 is 40.8 Å². The number of para-hydroxylation sites is 2. The van der Waals surface area contributed by atoms with Gasteiger partial charge in [-0.1, -0.05) is 54.6 Å². The number of benzene rings is 4. The van der Waals surface area contributed by atoms with E-state index in [1.54, 1.807) is 66.4 Å². The largest absolute Gasteiger partial charge is 0.465 e. The summed E-state index contributed by atoms with van der Waals surface area (Å²) in [5, 5.41) is 2.94. The zero-order valence-electron chi connectivity index (χ0n) is 23.5. The quantitative estimate of drug-likeness (QED) is 0.285. The summed E-state index contributed by atoms with van der Waals surface area (Å²) in [6, 6.07) is 29.0. The Hall–Kier alpha value is -5.24. The lowest BCUT2D eigenvalue weighted by Crippen LogP contribution is -2.36. The van der Waals surface area contributed by atoms with Crippen molar-refractivity contribution in [2.75, 3.05) is 34.8 Å². The van der Waals surface area contributed by atoms with Gasteiger partial charge in [-0.15, -0.1) is 0 Å². The second kappa shape index (κ2) is 12.5. The summed E-state index contributed by atoms with van der Waals surface area (Å²) in [6.07, 6.45) is 0.0499. The molecular formula is C34H31N3O5. The van der Waals surface area contributed by atoms with Gasteiger partial charge in [0.2, 0.25) is 5.91 Å². The van der Waals surface area contributed by atoms with E-state index in [0.717, 1.165) is 16.7 Å². The monoisotopic (exact) mass is 561 g/mol. The summed E-state index contributed by atoms with van der Waals surface area (Å²) in [7, 11) is 0. The molecule has 1 aliphatic heterocycles. The molecule has 0 atom stereocenters. The van der Waals surface area contributed by atoms with Gasteiger partial charge in [-0.3, -0.25) is 24.1 Å². The number of nitrogens with one attached hydrogen (secondary N) is 1. The van der Waals surface area contributed by atoms with E-state index in [2.05, 4.69) is 5.32 Å². The number of rotatable bonds is 7. The predicted molar refractivity (Wildman–Crippen MR) is 163 cm³/mol. The first kappa shape index (κ1) is 28.3. The van der Waals surface area contributed by atoms with Crippen molar-refractivity contribution in [3.8, 4) is 11.1 Å². The Balaban J connectivity index is 1.35. The van der Waals surface area contributed by atoms with Crippen LogP contribution in [0.5, 0.6) is 0 Å². The number of anilines is 3. The minimum atomic E-state index is -0.514. The average molecular weight is 562 g/mol. The highest BCUT2D eigenvalue weighted by Crippen LogP contribution is 2.34. The molecule has 3 amide bonds. The van der Waals surface area contributed by atoms with Crippen LogP contribution >= 0.6 is 0 Å². The third kappa shape index (κ3) is 5.93. The van der Waals surface area contributed by atoms with Crippen molar-refractivity contribution in [3.05, 3.63) is 114 Å². The fraction of sp³-hybridized carbons (Fsp3) is 0.176. The van der Waals surface area contributed by atoms with Crippen LogP contribution in [0.2, 0.25) is 0 Å². The van der Waals surface area contributed by atoms with Crippen molar-refractivity contribution in [1.82, 2.24) is 0 Å². The molecule has 1 aliphatic rings. The maximum Gasteiger partial charge on any atom is 0.326 e. The van der Waals surface area contributed by atoms with E-state index in [4.69, 9.17) is 4.74 Å². The first-order valence-electron chi connectivity index (χ1n) is 13.8. The first-order chi connectivity index (χ1) is 20.4. The normalized spacial score (nSPS) is 12.8. The van der Waals surface area contributed by atoms with Gasteiger partial charge in [0.1, 0.15) is 6.54 Å². The fourth-order valence-electron chi connectivity index (χ4n) is 5.08. The molecule has 0 spiro atoms. The SMILES string of the molecule is CCOC(=O)CN1C(=O)CCN(C(=O)c2ccc(NC(=O)c3ccccc3-c3ccccc3C)cc2)c2ccccc21. The second-order valence-corrected chi connectivity index (χ2v) is 9.87. The lowest BCUT2D eigenvalue weighted by Gasteiger charge is -2.25. The smallest absolute Gasteiger partial charge is 0.326 e. The van der Waals surface area contributed by atoms with Crippen molar-refractivity contribution in [2.45, 2.75) is 20.3 Å². The van der Waals surface area contributed by atoms with Gasteiger partial charge in [0.05, 0.1) is 18.0 Å². The predicted octanol–water partition coefficient (Wildman–Crippen LogP) is 5.86. The number of ether oxygens (including phenoxy) is 1. The lowest BCUT2D eigenvalue weighted by molar-refractivity contribution is -0.142. The molecule has 8 nitrogen and oxygen atoms in total. The van der Waals surface area contributed by atoms with Crippen molar-refractivity contribution in [3.63, 3.8) is 0 Å². The molecule has 0 aromatic heterocycles. The van der Waals surface area contributed by atoms with Gasteiger partial charge in [0.15, 0.2) is 0 Å². The van der Waals surface area contributed by atoms with E-state index in [1.165, 1.54) is 4.90 Å². The average Bonchev–Trinajstić information content (AvgIpc) is 3.14. The molecule has 0 saturated heterocycles. The molecule has 4 aromatic rings. The van der Waals surface area contributed by atoms with Gasteiger partial charge in [-0.25, -0.2) is 0 Å². The van der Waals surface area contributed by atoms with E-state index in [1.807, 2.05) is 49.4 Å². The van der Waals surface area contributed by atoms with E-state index < -0.39 is 5.97 Å². The number of carbonyl (C=O) groups excluding carboxylic acids is 4. The number of aryl methyl sites for hydroxylation is 1. The van der Waals surface area contributed by atoms with Crippen LogP contribution in [0.3, 0.4) is 0 Å². The van der Waals surface area contributed by atoms with Gasteiger partial charge in [-0.05, 0) is 73.0 Å². The fourth-order valence-corrected chi connectivity index (χ4v) is 5.08. The molecule has 0 saturated carbocycles. The Morgan fingerprint density at radius 1 is 0.810 bits per heavy atom.